The number of aliphatic imine (C=N–C) groups is 1. The molecule has 4 N–H and O–H groups in total. The lowest BCUT2D eigenvalue weighted by Crippen LogP contribution is -2.74. The Labute approximate surface area is 104 Å². The highest BCUT2D eigenvalue weighted by Crippen LogP contribution is 2.34. The molecule has 0 bridgehead atoms. The van der Waals surface area contributed by atoms with Gasteiger partial charge in [-0.3, -0.25) is 4.99 Å². The first kappa shape index (κ1) is 12.2. The Morgan fingerprint density at radius 3 is 3.12 bits per heavy atom. The number of halogens is 1. The van der Waals surface area contributed by atoms with Gasteiger partial charge < -0.3 is 10.1 Å². The summed E-state index contributed by atoms with van der Waals surface area (Å²) >= 11 is 5.82. The molecule has 0 fully saturated rings. The van der Waals surface area contributed by atoms with Crippen molar-refractivity contribution in [2.24, 2.45) is 4.99 Å². The maximum atomic E-state index is 9.36. The highest BCUT2D eigenvalue weighted by atomic mass is 35.5. The number of rotatable bonds is 2. The van der Waals surface area contributed by atoms with Crippen LogP contribution in [-0.4, -0.2) is 24.2 Å². The van der Waals surface area contributed by atoms with Gasteiger partial charge in [0.1, 0.15) is 11.4 Å². The molecule has 17 heavy (non-hydrogen) atoms. The van der Waals surface area contributed by atoms with Crippen molar-refractivity contribution in [1.29, 1.82) is 0 Å². The molecule has 0 saturated heterocycles. The van der Waals surface area contributed by atoms with Crippen LogP contribution in [0, 0.1) is 0 Å². The molecule has 0 atom stereocenters. The molecule has 0 saturated carbocycles. The fourth-order valence-corrected chi connectivity index (χ4v) is 1.99. The van der Waals surface area contributed by atoms with E-state index in [0.717, 1.165) is 41.9 Å². The Balaban J connectivity index is 2.39. The van der Waals surface area contributed by atoms with Crippen molar-refractivity contribution >= 4 is 28.3 Å². The molecular formula is C11H15ClN3O2+. The van der Waals surface area contributed by atoms with Gasteiger partial charge in [-0.15, -0.1) is 0 Å². The second-order valence-corrected chi connectivity index (χ2v) is 4.08. The Morgan fingerprint density at radius 2 is 2.41 bits per heavy atom. The third-order valence-electron chi connectivity index (χ3n) is 2.71. The van der Waals surface area contributed by atoms with E-state index in [-0.39, 0.29) is 5.29 Å². The van der Waals surface area contributed by atoms with Crippen molar-refractivity contribution in [1.82, 2.24) is 0 Å². The predicted octanol–water partition coefficient (Wildman–Crippen LogP) is 1.23. The molecule has 0 aromatic heterocycles. The fraction of sp³-hybridized carbons (Fsp3) is 0.364. The van der Waals surface area contributed by atoms with Crippen LogP contribution in [0.15, 0.2) is 17.1 Å². The highest BCUT2D eigenvalue weighted by Gasteiger charge is 2.21. The number of benzene rings is 1. The fourth-order valence-electron chi connectivity index (χ4n) is 1.89. The summed E-state index contributed by atoms with van der Waals surface area (Å²) in [5.41, 5.74) is 3.52. The normalized spacial score (nSPS) is 15.1. The third-order valence-corrected chi connectivity index (χ3v) is 2.97. The van der Waals surface area contributed by atoms with Crippen molar-refractivity contribution in [2.75, 3.05) is 19.0 Å². The molecule has 0 spiro atoms. The van der Waals surface area contributed by atoms with Crippen molar-refractivity contribution in [3.8, 4) is 5.75 Å². The van der Waals surface area contributed by atoms with Crippen LogP contribution in [0.5, 0.6) is 5.75 Å². The van der Waals surface area contributed by atoms with E-state index < -0.39 is 0 Å². The summed E-state index contributed by atoms with van der Waals surface area (Å²) in [5.74, 6) is 0.826. The highest BCUT2D eigenvalue weighted by molar-refractivity contribution is 6.67. The molecule has 0 radical (unpaired) electrons. The van der Waals surface area contributed by atoms with Crippen LogP contribution in [0.2, 0.25) is 0 Å². The minimum absolute atomic E-state index is 0.282. The minimum atomic E-state index is 0.282. The number of nitrogens with zero attached hydrogens (tertiary/aromatic N) is 1. The van der Waals surface area contributed by atoms with E-state index >= 15 is 0 Å². The number of hydrogen-bond acceptors (Lipinski definition) is 3. The zero-order valence-electron chi connectivity index (χ0n) is 9.53. The van der Waals surface area contributed by atoms with E-state index in [9.17, 15) is 5.21 Å². The predicted molar refractivity (Wildman–Crippen MR) is 66.5 cm³/mol. The van der Waals surface area contributed by atoms with Gasteiger partial charge in [-0.2, -0.15) is 5.48 Å². The number of hydrogen-bond donors (Lipinski definition) is 3. The molecule has 6 heteroatoms. The Bertz CT molecular complexity index is 449. The molecule has 2 rings (SSSR count). The summed E-state index contributed by atoms with van der Waals surface area (Å²) in [6, 6.07) is 3.70. The molecule has 0 unspecified atom stereocenters. The molecule has 1 aromatic rings. The van der Waals surface area contributed by atoms with Crippen LogP contribution >= 0.6 is 11.6 Å². The molecular weight excluding hydrogens is 242 g/mol. The quantitative estimate of drug-likeness (QED) is 0.245. The van der Waals surface area contributed by atoms with Gasteiger partial charge in [0.05, 0.1) is 12.2 Å². The standard InChI is InChI=1S/C11H14ClN3O2/c1-13-11(12)14-8-4-5-9-7(10(8)15-16)3-2-6-17-9/h4-5,15-16H,2-3,6H2,1H3,(H,13,14)/p+1. The van der Waals surface area contributed by atoms with E-state index in [1.54, 1.807) is 7.05 Å². The van der Waals surface area contributed by atoms with E-state index in [0.29, 0.717) is 5.69 Å². The second-order valence-electron chi connectivity index (χ2n) is 3.72. The molecule has 1 aromatic carbocycles. The van der Waals surface area contributed by atoms with E-state index in [1.165, 1.54) is 0 Å². The van der Waals surface area contributed by atoms with Gasteiger partial charge in [-0.05, 0) is 36.6 Å². The van der Waals surface area contributed by atoms with Crippen LogP contribution in [0.1, 0.15) is 12.0 Å². The van der Waals surface area contributed by atoms with E-state index in [1.807, 2.05) is 12.1 Å². The zero-order valence-corrected chi connectivity index (χ0v) is 10.3. The van der Waals surface area contributed by atoms with Gasteiger partial charge in [0, 0.05) is 7.05 Å². The van der Waals surface area contributed by atoms with Crippen LogP contribution in [0.25, 0.3) is 0 Å². The minimum Gasteiger partial charge on any atom is -0.493 e. The van der Waals surface area contributed by atoms with Gasteiger partial charge in [-0.1, -0.05) is 0 Å². The number of nitrogens with one attached hydrogen (secondary N) is 1. The van der Waals surface area contributed by atoms with Crippen molar-refractivity contribution in [2.45, 2.75) is 12.8 Å². The van der Waals surface area contributed by atoms with Crippen LogP contribution in [-0.2, 0) is 6.42 Å². The first-order chi connectivity index (χ1) is 8.26. The molecule has 0 amide bonds. The number of anilines is 1. The smallest absolute Gasteiger partial charge is 0.195 e. The first-order valence-corrected chi connectivity index (χ1v) is 5.79. The van der Waals surface area contributed by atoms with Crippen LogP contribution in [0.4, 0.5) is 11.4 Å². The Morgan fingerprint density at radius 1 is 1.59 bits per heavy atom. The molecule has 5 nitrogen and oxygen atoms in total. The molecule has 1 aliphatic rings. The summed E-state index contributed by atoms with van der Waals surface area (Å²) in [7, 11) is 1.60. The largest absolute Gasteiger partial charge is 0.493 e. The number of fused-ring (bicyclic) bond motifs is 1. The lowest BCUT2D eigenvalue weighted by Gasteiger charge is -2.19. The molecule has 92 valence electrons. The average Bonchev–Trinajstić information content (AvgIpc) is 2.38. The van der Waals surface area contributed by atoms with E-state index in [2.05, 4.69) is 10.3 Å². The summed E-state index contributed by atoms with van der Waals surface area (Å²) in [4.78, 5) is 3.82. The van der Waals surface area contributed by atoms with E-state index in [4.69, 9.17) is 16.3 Å². The van der Waals surface area contributed by atoms with Gasteiger partial charge in [0.2, 0.25) is 0 Å². The zero-order chi connectivity index (χ0) is 12.3. The number of ether oxygens (including phenoxy) is 1. The van der Waals surface area contributed by atoms with Crippen molar-refractivity contribution in [3.05, 3.63) is 17.7 Å². The number of nitrogens with two attached hydrogens (primary N) is 1. The summed E-state index contributed by atoms with van der Waals surface area (Å²) < 4.78 is 5.53. The molecule has 1 heterocycles. The lowest BCUT2D eigenvalue weighted by molar-refractivity contribution is -0.825. The van der Waals surface area contributed by atoms with Gasteiger partial charge in [-0.25, -0.2) is 5.21 Å². The SMILES string of the molecule is CN=C(Cl)Nc1ccc2c(c1[NH2+]O)CCCO2. The third kappa shape index (κ3) is 2.52. The van der Waals surface area contributed by atoms with Crippen LogP contribution in [0.3, 0.4) is 0 Å². The van der Waals surface area contributed by atoms with Gasteiger partial charge in [0.15, 0.2) is 11.0 Å². The summed E-state index contributed by atoms with van der Waals surface area (Å²) in [6.45, 7) is 0.724. The van der Waals surface area contributed by atoms with Crippen molar-refractivity contribution in [3.63, 3.8) is 0 Å². The van der Waals surface area contributed by atoms with Crippen LogP contribution < -0.4 is 15.5 Å². The monoisotopic (exact) mass is 256 g/mol. The lowest BCUT2D eigenvalue weighted by atomic mass is 10.0. The summed E-state index contributed by atoms with van der Waals surface area (Å²) in [6.07, 6.45) is 1.84. The number of amidine groups is 1. The first-order valence-electron chi connectivity index (χ1n) is 5.41. The molecule has 0 aliphatic carbocycles. The maximum absolute atomic E-state index is 9.36. The Kier molecular flexibility index (Phi) is 3.83. The Hall–Kier alpha value is -1.30. The molecule has 1 aliphatic heterocycles. The maximum Gasteiger partial charge on any atom is 0.195 e. The number of quaternary nitrogens is 1. The van der Waals surface area contributed by atoms with Gasteiger partial charge in [0.25, 0.3) is 0 Å². The van der Waals surface area contributed by atoms with Gasteiger partial charge >= 0.3 is 0 Å². The average molecular weight is 257 g/mol. The second kappa shape index (κ2) is 5.35. The van der Waals surface area contributed by atoms with Crippen molar-refractivity contribution < 1.29 is 15.4 Å². The summed E-state index contributed by atoms with van der Waals surface area (Å²) in [5, 5.41) is 12.6. The topological polar surface area (TPSA) is 70.5 Å².